The van der Waals surface area contributed by atoms with Gasteiger partial charge in [-0.25, -0.2) is 4.79 Å². The minimum absolute atomic E-state index is 0.181. The molecule has 0 radical (unpaired) electrons. The number of carbonyl (C=O) groups is 2. The largest absolute Gasteiger partial charge is 0.467 e. The highest BCUT2D eigenvalue weighted by Crippen LogP contribution is 2.01. The molecule has 1 atom stereocenters. The van der Waals surface area contributed by atoms with Gasteiger partial charge in [0.15, 0.2) is 0 Å². The lowest BCUT2D eigenvalue weighted by atomic mass is 10.3. The summed E-state index contributed by atoms with van der Waals surface area (Å²) in [6.07, 6.45) is 0. The van der Waals surface area contributed by atoms with Crippen LogP contribution in [0.3, 0.4) is 0 Å². The van der Waals surface area contributed by atoms with E-state index in [9.17, 15) is 9.59 Å². The highest BCUT2D eigenvalue weighted by molar-refractivity contribution is 7.80. The Hall–Kier alpha value is -0.710. The number of carbonyl (C=O) groups excluding carboxylic acids is 2. The Balaban J connectivity index is 4.33. The van der Waals surface area contributed by atoms with E-state index in [1.807, 2.05) is 0 Å². The third kappa shape index (κ3) is 2.73. The van der Waals surface area contributed by atoms with Crippen molar-refractivity contribution in [2.45, 2.75) is 13.0 Å². The number of nitrogens with zero attached hydrogens (tertiary/aromatic N) is 1. The van der Waals surface area contributed by atoms with Crippen molar-refractivity contribution < 1.29 is 14.3 Å². The minimum Gasteiger partial charge on any atom is -0.467 e. The molecular weight excluding hydrogens is 178 g/mol. The average Bonchev–Trinajstić information content (AvgIpc) is 2.05. The maximum Gasteiger partial charge on any atom is 0.329 e. The van der Waals surface area contributed by atoms with Crippen LogP contribution in [0.5, 0.6) is 0 Å². The van der Waals surface area contributed by atoms with Crippen LogP contribution >= 0.6 is 12.6 Å². The third-order valence-corrected chi connectivity index (χ3v) is 1.96. The number of amides is 1. The van der Waals surface area contributed by atoms with Crippen molar-refractivity contribution in [2.75, 3.05) is 19.9 Å². The van der Waals surface area contributed by atoms with E-state index >= 15 is 0 Å². The fourth-order valence-corrected chi connectivity index (χ4v) is 1.10. The summed E-state index contributed by atoms with van der Waals surface area (Å²) in [7, 11) is 2.83. The maximum atomic E-state index is 11.0. The number of rotatable bonds is 3. The van der Waals surface area contributed by atoms with Crippen LogP contribution in [0, 0.1) is 0 Å². The van der Waals surface area contributed by atoms with Crippen molar-refractivity contribution in [3.63, 3.8) is 0 Å². The molecule has 4 nitrogen and oxygen atoms in total. The van der Waals surface area contributed by atoms with Crippen LogP contribution in [0.15, 0.2) is 0 Å². The van der Waals surface area contributed by atoms with E-state index < -0.39 is 12.0 Å². The molecule has 0 aliphatic heterocycles. The number of methoxy groups -OCH3 is 1. The average molecular weight is 191 g/mol. The van der Waals surface area contributed by atoms with Crippen LogP contribution in [-0.4, -0.2) is 42.7 Å². The van der Waals surface area contributed by atoms with Gasteiger partial charge in [0.2, 0.25) is 5.91 Å². The van der Waals surface area contributed by atoms with Crippen molar-refractivity contribution in [1.29, 1.82) is 0 Å². The van der Waals surface area contributed by atoms with Gasteiger partial charge in [-0.2, -0.15) is 12.6 Å². The van der Waals surface area contributed by atoms with E-state index in [2.05, 4.69) is 17.4 Å². The van der Waals surface area contributed by atoms with Gasteiger partial charge in [0.1, 0.15) is 6.04 Å². The van der Waals surface area contributed by atoms with E-state index in [0.717, 1.165) is 0 Å². The van der Waals surface area contributed by atoms with Crippen LogP contribution in [0.4, 0.5) is 0 Å². The van der Waals surface area contributed by atoms with Crippen LogP contribution in [0.25, 0.3) is 0 Å². The van der Waals surface area contributed by atoms with Crippen molar-refractivity contribution in [3.8, 4) is 0 Å². The number of hydrogen-bond acceptors (Lipinski definition) is 4. The first kappa shape index (κ1) is 11.3. The zero-order valence-corrected chi connectivity index (χ0v) is 8.30. The Kier molecular flexibility index (Phi) is 4.73. The van der Waals surface area contributed by atoms with E-state index in [-0.39, 0.29) is 11.7 Å². The second-order valence-corrected chi connectivity index (χ2v) is 2.72. The third-order valence-electron chi connectivity index (χ3n) is 1.61. The number of hydrogen-bond donors (Lipinski definition) is 1. The zero-order valence-electron chi connectivity index (χ0n) is 7.40. The van der Waals surface area contributed by atoms with Gasteiger partial charge in [0.05, 0.1) is 7.11 Å². The SMILES string of the molecule is COC(=O)C(CS)N(C)C(C)=O. The monoisotopic (exact) mass is 191 g/mol. The fraction of sp³-hybridized carbons (Fsp3) is 0.714. The summed E-state index contributed by atoms with van der Waals surface area (Å²) < 4.78 is 4.49. The minimum atomic E-state index is -0.587. The molecular formula is C7H13NO3S. The second kappa shape index (κ2) is 5.03. The van der Waals surface area contributed by atoms with E-state index in [4.69, 9.17) is 0 Å². The van der Waals surface area contributed by atoms with Crippen LogP contribution in [-0.2, 0) is 14.3 Å². The molecule has 0 aliphatic rings. The lowest BCUT2D eigenvalue weighted by Gasteiger charge is -2.22. The molecule has 0 aliphatic carbocycles. The van der Waals surface area contributed by atoms with Crippen molar-refractivity contribution >= 4 is 24.5 Å². The number of thiol groups is 1. The first-order chi connectivity index (χ1) is 5.54. The van der Waals surface area contributed by atoms with Gasteiger partial charge in [-0.3, -0.25) is 4.79 Å². The van der Waals surface area contributed by atoms with Gasteiger partial charge in [-0.15, -0.1) is 0 Å². The number of likely N-dealkylation sites (N-methyl/N-ethyl adjacent to an activating group) is 1. The second-order valence-electron chi connectivity index (χ2n) is 2.35. The quantitative estimate of drug-likeness (QED) is 0.502. The van der Waals surface area contributed by atoms with Gasteiger partial charge in [0, 0.05) is 19.7 Å². The fourth-order valence-electron chi connectivity index (χ4n) is 0.711. The topological polar surface area (TPSA) is 46.6 Å². The van der Waals surface area contributed by atoms with Gasteiger partial charge < -0.3 is 9.64 Å². The highest BCUT2D eigenvalue weighted by Gasteiger charge is 2.23. The Bertz CT molecular complexity index is 183. The van der Waals surface area contributed by atoms with Gasteiger partial charge in [-0.1, -0.05) is 0 Å². The predicted octanol–water partition coefficient (Wildman–Crippen LogP) is -0.0639. The smallest absolute Gasteiger partial charge is 0.329 e. The van der Waals surface area contributed by atoms with Gasteiger partial charge in [-0.05, 0) is 0 Å². The lowest BCUT2D eigenvalue weighted by molar-refractivity contribution is -0.150. The van der Waals surface area contributed by atoms with Crippen molar-refractivity contribution in [2.24, 2.45) is 0 Å². The standard InChI is InChI=1S/C7H13NO3S/c1-5(9)8(2)6(4-12)7(10)11-3/h6,12H,4H2,1-3H3. The molecule has 12 heavy (non-hydrogen) atoms. The molecule has 0 heterocycles. The molecule has 0 saturated carbocycles. The molecule has 0 N–H and O–H groups in total. The molecule has 0 rings (SSSR count). The summed E-state index contributed by atoms with van der Waals surface area (Å²) in [6.45, 7) is 1.39. The predicted molar refractivity (Wildman–Crippen MR) is 48.1 cm³/mol. The normalized spacial score (nSPS) is 12.0. The summed E-state index contributed by atoms with van der Waals surface area (Å²) in [5.41, 5.74) is 0. The molecule has 0 aromatic heterocycles. The maximum absolute atomic E-state index is 11.0. The summed E-state index contributed by atoms with van der Waals surface area (Å²) in [6, 6.07) is -0.587. The van der Waals surface area contributed by atoms with E-state index in [1.165, 1.54) is 18.9 Å². The summed E-state index contributed by atoms with van der Waals surface area (Å²) in [4.78, 5) is 23.2. The first-order valence-corrected chi connectivity index (χ1v) is 4.10. The Morgan fingerprint density at radius 2 is 2.08 bits per heavy atom. The molecule has 1 unspecified atom stereocenters. The molecule has 0 bridgehead atoms. The molecule has 0 spiro atoms. The summed E-state index contributed by atoms with van der Waals surface area (Å²) in [5, 5.41) is 0. The molecule has 0 fully saturated rings. The number of ether oxygens (including phenoxy) is 1. The highest BCUT2D eigenvalue weighted by atomic mass is 32.1. The molecule has 5 heteroatoms. The van der Waals surface area contributed by atoms with Crippen molar-refractivity contribution in [1.82, 2.24) is 4.90 Å². The van der Waals surface area contributed by atoms with Crippen LogP contribution < -0.4 is 0 Å². The first-order valence-electron chi connectivity index (χ1n) is 3.46. The van der Waals surface area contributed by atoms with Gasteiger partial charge in [0.25, 0.3) is 0 Å². The van der Waals surface area contributed by atoms with Crippen LogP contribution in [0.2, 0.25) is 0 Å². The summed E-state index contributed by atoms with van der Waals surface area (Å²) in [5.74, 6) is -0.356. The lowest BCUT2D eigenvalue weighted by Crippen LogP contribution is -2.43. The Morgan fingerprint density at radius 3 is 2.33 bits per heavy atom. The number of esters is 1. The Labute approximate surface area is 77.3 Å². The Morgan fingerprint density at radius 1 is 1.58 bits per heavy atom. The van der Waals surface area contributed by atoms with Gasteiger partial charge >= 0.3 is 5.97 Å². The van der Waals surface area contributed by atoms with E-state index in [0.29, 0.717) is 0 Å². The summed E-state index contributed by atoms with van der Waals surface area (Å²) >= 11 is 3.95. The molecule has 0 saturated heterocycles. The van der Waals surface area contributed by atoms with E-state index in [1.54, 1.807) is 7.05 Å². The molecule has 1 amide bonds. The van der Waals surface area contributed by atoms with Crippen LogP contribution in [0.1, 0.15) is 6.92 Å². The zero-order chi connectivity index (χ0) is 9.72. The van der Waals surface area contributed by atoms with Crippen molar-refractivity contribution in [3.05, 3.63) is 0 Å². The molecule has 0 aromatic rings. The molecule has 0 aromatic carbocycles. The molecule has 70 valence electrons.